The fourth-order valence-electron chi connectivity index (χ4n) is 1.75. The van der Waals surface area contributed by atoms with E-state index in [1.807, 2.05) is 18.3 Å². The Morgan fingerprint density at radius 3 is 2.67 bits per heavy atom. The van der Waals surface area contributed by atoms with Crippen molar-refractivity contribution in [3.8, 4) is 0 Å². The van der Waals surface area contributed by atoms with Gasteiger partial charge < -0.3 is 0 Å². The predicted molar refractivity (Wildman–Crippen MR) is 59.7 cm³/mol. The maximum absolute atomic E-state index is 7.72. The minimum absolute atomic E-state index is 0.0836. The van der Waals surface area contributed by atoms with Gasteiger partial charge in [-0.05, 0) is 23.1 Å². The predicted octanol–water partition coefficient (Wildman–Crippen LogP) is 2.11. The Bertz CT molecular complexity index is 547. The summed E-state index contributed by atoms with van der Waals surface area (Å²) in [6.07, 6.45) is 3.56. The summed E-state index contributed by atoms with van der Waals surface area (Å²) in [5.74, 6) is 0. The fourth-order valence-corrected chi connectivity index (χ4v) is 1.75. The molecule has 0 aliphatic carbocycles. The number of nitrogens with zero attached hydrogens (tertiary/aromatic N) is 2. The Morgan fingerprint density at radius 1 is 1.27 bits per heavy atom. The lowest BCUT2D eigenvalue weighted by molar-refractivity contribution is 0.591. The number of nitrogens with one attached hydrogen (secondary N) is 1. The van der Waals surface area contributed by atoms with Gasteiger partial charge in [-0.15, -0.1) is 0 Å². The van der Waals surface area contributed by atoms with Gasteiger partial charge in [-0.3, -0.25) is 9.81 Å². The molecule has 2 aromatic heterocycles. The van der Waals surface area contributed by atoms with E-state index in [0.29, 0.717) is 0 Å². The highest BCUT2D eigenvalue weighted by atomic mass is 15.0. The first-order valence-electron chi connectivity index (χ1n) is 5.01. The smallest absolute Gasteiger partial charge is 0.226 e. The third-order valence-corrected chi connectivity index (χ3v) is 2.50. The molecule has 3 heteroatoms. The fraction of sp³-hybridized carbons (Fsp3) is 0.333. The average molecular weight is 201 g/mol. The Balaban J connectivity index is 2.89. The molecule has 78 valence electrons. The zero-order valence-corrected chi connectivity index (χ0v) is 9.28. The van der Waals surface area contributed by atoms with Crippen molar-refractivity contribution in [2.45, 2.75) is 26.2 Å². The average Bonchev–Trinajstić information content (AvgIpc) is 2.16. The van der Waals surface area contributed by atoms with Crippen LogP contribution in [0.4, 0.5) is 0 Å². The van der Waals surface area contributed by atoms with Crippen LogP contribution >= 0.6 is 0 Å². The molecule has 0 saturated carbocycles. The Kier molecular flexibility index (Phi) is 2.11. The van der Waals surface area contributed by atoms with Crippen molar-refractivity contribution in [2.75, 3.05) is 0 Å². The number of pyridine rings is 1. The molecule has 0 radical (unpaired) electrons. The van der Waals surface area contributed by atoms with Gasteiger partial charge in [0.25, 0.3) is 0 Å². The topological polar surface area (TPSA) is 41.2 Å². The van der Waals surface area contributed by atoms with Crippen molar-refractivity contribution in [1.29, 1.82) is 5.41 Å². The minimum atomic E-state index is 0.0836. The molecule has 2 aromatic rings. The monoisotopic (exact) mass is 201 g/mol. The normalized spacial score (nSPS) is 11.9. The molecule has 0 spiro atoms. The summed E-state index contributed by atoms with van der Waals surface area (Å²) in [7, 11) is 0. The molecular formula is C12H15N3. The van der Waals surface area contributed by atoms with Crippen LogP contribution in [-0.4, -0.2) is 9.38 Å². The molecule has 0 amide bonds. The zero-order valence-electron chi connectivity index (χ0n) is 9.28. The summed E-state index contributed by atoms with van der Waals surface area (Å²) in [4.78, 5) is 3.96. The minimum Gasteiger partial charge on any atom is -0.286 e. The second-order valence-corrected chi connectivity index (χ2v) is 4.70. The zero-order chi connectivity index (χ0) is 11.1. The SMILES string of the molecule is CC(C)(C)c1cccn2c(=N)nccc12. The third-order valence-electron chi connectivity index (χ3n) is 2.50. The lowest BCUT2D eigenvalue weighted by atomic mass is 9.87. The molecule has 0 aliphatic rings. The van der Waals surface area contributed by atoms with Crippen LogP contribution in [0, 0.1) is 5.41 Å². The maximum atomic E-state index is 7.72. The largest absolute Gasteiger partial charge is 0.286 e. The van der Waals surface area contributed by atoms with E-state index in [1.54, 1.807) is 10.6 Å². The van der Waals surface area contributed by atoms with Gasteiger partial charge in [0.15, 0.2) is 0 Å². The number of hydrogen-bond acceptors (Lipinski definition) is 2. The molecule has 3 nitrogen and oxygen atoms in total. The third kappa shape index (κ3) is 1.65. The van der Waals surface area contributed by atoms with Gasteiger partial charge in [0, 0.05) is 12.4 Å². The number of hydrogen-bond donors (Lipinski definition) is 1. The summed E-state index contributed by atoms with van der Waals surface area (Å²) in [5.41, 5.74) is 2.66. The van der Waals surface area contributed by atoms with Crippen LogP contribution in [0.25, 0.3) is 5.52 Å². The van der Waals surface area contributed by atoms with Crippen molar-refractivity contribution in [2.24, 2.45) is 0 Å². The quantitative estimate of drug-likeness (QED) is 0.696. The molecule has 2 rings (SSSR count). The summed E-state index contributed by atoms with van der Waals surface area (Å²) in [6, 6.07) is 6.03. The van der Waals surface area contributed by atoms with Crippen molar-refractivity contribution in [3.05, 3.63) is 41.8 Å². The van der Waals surface area contributed by atoms with E-state index in [0.717, 1.165) is 5.52 Å². The van der Waals surface area contributed by atoms with Gasteiger partial charge in [-0.25, -0.2) is 4.98 Å². The second kappa shape index (κ2) is 3.19. The summed E-state index contributed by atoms with van der Waals surface area (Å²) in [6.45, 7) is 6.52. The van der Waals surface area contributed by atoms with Gasteiger partial charge in [0.1, 0.15) is 0 Å². The van der Waals surface area contributed by atoms with Gasteiger partial charge in [-0.2, -0.15) is 0 Å². The summed E-state index contributed by atoms with van der Waals surface area (Å²) >= 11 is 0. The lowest BCUT2D eigenvalue weighted by Gasteiger charge is -2.21. The van der Waals surface area contributed by atoms with Crippen LogP contribution < -0.4 is 5.62 Å². The van der Waals surface area contributed by atoms with Gasteiger partial charge in [0.2, 0.25) is 5.62 Å². The van der Waals surface area contributed by atoms with E-state index < -0.39 is 0 Å². The molecule has 0 aliphatic heterocycles. The van der Waals surface area contributed by atoms with E-state index >= 15 is 0 Å². The first-order valence-corrected chi connectivity index (χ1v) is 5.01. The molecule has 0 saturated heterocycles. The highest BCUT2D eigenvalue weighted by molar-refractivity contribution is 5.56. The van der Waals surface area contributed by atoms with Gasteiger partial charge >= 0.3 is 0 Å². The second-order valence-electron chi connectivity index (χ2n) is 4.70. The standard InChI is InChI=1S/C12H15N3/c1-12(2,3)9-5-4-8-15-10(9)6-7-14-11(15)13/h4-8,13H,1-3H3. The lowest BCUT2D eigenvalue weighted by Crippen LogP contribution is -2.20. The van der Waals surface area contributed by atoms with Gasteiger partial charge in [0.05, 0.1) is 5.52 Å². The highest BCUT2D eigenvalue weighted by Gasteiger charge is 2.16. The Hall–Kier alpha value is -1.64. The van der Waals surface area contributed by atoms with Crippen LogP contribution in [-0.2, 0) is 5.41 Å². The molecule has 15 heavy (non-hydrogen) atoms. The van der Waals surface area contributed by atoms with Crippen molar-refractivity contribution < 1.29 is 0 Å². The number of fused-ring (bicyclic) bond motifs is 1. The maximum Gasteiger partial charge on any atom is 0.226 e. The van der Waals surface area contributed by atoms with Crippen LogP contribution in [0.1, 0.15) is 26.3 Å². The molecule has 0 unspecified atom stereocenters. The van der Waals surface area contributed by atoms with E-state index in [4.69, 9.17) is 5.41 Å². The van der Waals surface area contributed by atoms with Crippen LogP contribution in [0.5, 0.6) is 0 Å². The van der Waals surface area contributed by atoms with E-state index in [2.05, 4.69) is 31.8 Å². The van der Waals surface area contributed by atoms with Crippen molar-refractivity contribution in [3.63, 3.8) is 0 Å². The van der Waals surface area contributed by atoms with E-state index in [-0.39, 0.29) is 11.0 Å². The van der Waals surface area contributed by atoms with Crippen molar-refractivity contribution in [1.82, 2.24) is 9.38 Å². The summed E-state index contributed by atoms with van der Waals surface area (Å²) < 4.78 is 1.81. The van der Waals surface area contributed by atoms with Crippen LogP contribution in [0.15, 0.2) is 30.6 Å². The van der Waals surface area contributed by atoms with Gasteiger partial charge in [-0.1, -0.05) is 26.8 Å². The Morgan fingerprint density at radius 2 is 2.00 bits per heavy atom. The van der Waals surface area contributed by atoms with Crippen LogP contribution in [0.2, 0.25) is 0 Å². The van der Waals surface area contributed by atoms with Crippen molar-refractivity contribution >= 4 is 5.52 Å². The molecule has 0 bridgehead atoms. The molecule has 1 N–H and O–H groups in total. The highest BCUT2D eigenvalue weighted by Crippen LogP contribution is 2.25. The first kappa shape index (κ1) is 9.90. The molecule has 0 aromatic carbocycles. The van der Waals surface area contributed by atoms with E-state index in [1.165, 1.54) is 5.56 Å². The molecule has 0 fully saturated rings. The number of rotatable bonds is 0. The number of aromatic nitrogens is 2. The van der Waals surface area contributed by atoms with E-state index in [9.17, 15) is 0 Å². The first-order chi connectivity index (χ1) is 7.00. The molecular weight excluding hydrogens is 186 g/mol. The summed E-state index contributed by atoms with van der Waals surface area (Å²) in [5, 5.41) is 7.72. The van der Waals surface area contributed by atoms with Crippen LogP contribution in [0.3, 0.4) is 0 Å². The molecule has 0 atom stereocenters. The molecule has 2 heterocycles. The Labute approximate surface area is 88.9 Å².